The average molecular weight is 782 g/mol. The molecule has 1 aliphatic carbocycles. The van der Waals surface area contributed by atoms with Gasteiger partial charge in [0.1, 0.15) is 0 Å². The molecule has 2 bridgehead atoms. The Hall–Kier alpha value is -2.63. The molecule has 2 aliphatic heterocycles. The van der Waals surface area contributed by atoms with Crippen molar-refractivity contribution < 1.29 is 33.5 Å². The van der Waals surface area contributed by atoms with Gasteiger partial charge in [-0.3, -0.25) is 19.2 Å². The van der Waals surface area contributed by atoms with Crippen molar-refractivity contribution in [2.24, 2.45) is 17.8 Å². The lowest BCUT2D eigenvalue weighted by atomic mass is 9.91. The number of carbonyl (C=O) groups excluding carboxylic acids is 4. The first-order chi connectivity index (χ1) is 25.8. The molecule has 312 valence electrons. The van der Waals surface area contributed by atoms with E-state index in [1.54, 1.807) is 38.0 Å². The molecule has 1 aromatic carbocycles. The summed E-state index contributed by atoms with van der Waals surface area (Å²) in [6.45, 7) is 17.4. The molecule has 4 amide bonds. The van der Waals surface area contributed by atoms with Crippen LogP contribution in [-0.4, -0.2) is 116 Å². The van der Waals surface area contributed by atoms with Crippen LogP contribution in [0.25, 0.3) is 0 Å². The predicted octanol–water partition coefficient (Wildman–Crippen LogP) is 5.51. The van der Waals surface area contributed by atoms with Crippen molar-refractivity contribution >= 4 is 33.4 Å². The molecule has 4 rings (SSSR count). The van der Waals surface area contributed by atoms with Crippen LogP contribution in [0, 0.1) is 24.7 Å². The van der Waals surface area contributed by atoms with E-state index in [9.17, 15) is 19.2 Å². The number of likely N-dealkylation sites (N-methyl/N-ethyl adjacent to an activating group) is 1. The predicted molar refractivity (Wildman–Crippen MR) is 221 cm³/mol. The first-order valence-electron chi connectivity index (χ1n) is 20.0. The molecule has 13 heteroatoms. The first-order valence-corrected chi connectivity index (χ1v) is 21.1. The maximum Gasteiger partial charge on any atom is 0.242 e. The molecule has 3 aliphatic rings. The van der Waals surface area contributed by atoms with Crippen molar-refractivity contribution in [3.8, 4) is 0 Å². The van der Waals surface area contributed by atoms with Crippen molar-refractivity contribution in [3.05, 3.63) is 35.9 Å². The van der Waals surface area contributed by atoms with Crippen molar-refractivity contribution in [3.63, 3.8) is 0 Å². The number of hydrogen-bond donors (Lipinski definition) is 4. The zero-order chi connectivity index (χ0) is 41.1. The van der Waals surface area contributed by atoms with Gasteiger partial charge in [-0.2, -0.15) is 0 Å². The van der Waals surface area contributed by atoms with Crippen LogP contribution in [0.2, 0.25) is 0 Å². The fourth-order valence-electron chi connectivity index (χ4n) is 7.30. The van der Waals surface area contributed by atoms with Crippen molar-refractivity contribution in [1.82, 2.24) is 25.8 Å². The number of carbonyl (C=O) groups is 4. The van der Waals surface area contributed by atoms with Gasteiger partial charge in [0.25, 0.3) is 0 Å². The van der Waals surface area contributed by atoms with Gasteiger partial charge in [0.2, 0.25) is 24.6 Å². The molecule has 3 fully saturated rings. The molecule has 0 spiro atoms. The van der Waals surface area contributed by atoms with E-state index in [0.717, 1.165) is 56.6 Å². The summed E-state index contributed by atoms with van der Waals surface area (Å²) < 4.78 is 10.9. The van der Waals surface area contributed by atoms with Gasteiger partial charge in [0.05, 0.1) is 43.0 Å². The Morgan fingerprint density at radius 1 is 1.06 bits per heavy atom. The second-order valence-electron chi connectivity index (χ2n) is 14.6. The molecule has 10 atom stereocenters. The molecule has 54 heavy (non-hydrogen) atoms. The molecule has 0 radical (unpaired) electrons. The number of nitrogens with zero attached hydrogens (tertiary/aromatic N) is 2. The number of methoxy groups -OCH3 is 2. The average Bonchev–Trinajstić information content (AvgIpc) is 3.94. The number of benzene rings is 1. The fourth-order valence-corrected chi connectivity index (χ4v) is 7.55. The molecule has 2 saturated heterocycles. The maximum absolute atomic E-state index is 11.9. The highest BCUT2D eigenvalue weighted by Gasteiger charge is 2.37. The summed E-state index contributed by atoms with van der Waals surface area (Å²) in [6, 6.07) is 12.0. The van der Waals surface area contributed by atoms with E-state index >= 15 is 0 Å². The van der Waals surface area contributed by atoms with E-state index < -0.39 is 0 Å². The standard InChI is InChI=1S/C13H26N2O3.C11H21N2O4P.C7H13N.C7H8.C3H8/c1-6-10(3)13(11(7-2)18-5)15(4)12(17)8-14-9-16;1-8(11(15)12-6-18-16)10(17-2)9-4-3-5-13(9)7-14;1-5-6-2-3-7(4-6)8-5;1-7-5-3-2-4-6-7;1-3-2/h9-11,13H,6-8H2,1-5H3,(H,14,16);7-10,16,18H,3-6H2,1-2H3,(H,12,15);5-8H,2-4H2,1H3;2-6H,1H3;3H2,1-2H3. The van der Waals surface area contributed by atoms with E-state index in [2.05, 4.69) is 69.6 Å². The van der Waals surface area contributed by atoms with E-state index in [1.165, 1.54) is 31.2 Å². The number of piperidine rings is 1. The lowest BCUT2D eigenvalue weighted by Crippen LogP contribution is -2.51. The van der Waals surface area contributed by atoms with Crippen molar-refractivity contribution in [2.75, 3.05) is 40.6 Å². The van der Waals surface area contributed by atoms with Gasteiger partial charge in [-0.1, -0.05) is 90.3 Å². The van der Waals surface area contributed by atoms with Crippen LogP contribution in [0.15, 0.2) is 30.3 Å². The van der Waals surface area contributed by atoms with Gasteiger partial charge in [0.15, 0.2) is 0 Å². The summed E-state index contributed by atoms with van der Waals surface area (Å²) in [5.74, 6) is 0.779. The van der Waals surface area contributed by atoms with Crippen LogP contribution >= 0.6 is 8.81 Å². The van der Waals surface area contributed by atoms with Crippen molar-refractivity contribution in [1.29, 1.82) is 0 Å². The Labute approximate surface area is 329 Å². The number of ether oxygens (including phenoxy) is 2. The Morgan fingerprint density at radius 2 is 1.70 bits per heavy atom. The molecule has 0 aromatic heterocycles. The molecule has 4 N–H and O–H groups in total. The largest absolute Gasteiger partial charge is 0.379 e. The minimum absolute atomic E-state index is 0.0186. The van der Waals surface area contributed by atoms with E-state index in [1.807, 2.05) is 25.1 Å². The minimum atomic E-state index is -0.350. The topological polar surface area (TPSA) is 150 Å². The number of fused-ring (bicyclic) bond motifs is 2. The number of aryl methyl sites for hydroxylation is 1. The lowest BCUT2D eigenvalue weighted by Gasteiger charge is -2.37. The van der Waals surface area contributed by atoms with Crippen LogP contribution in [0.1, 0.15) is 105 Å². The van der Waals surface area contributed by atoms with Gasteiger partial charge in [-0.25, -0.2) is 0 Å². The monoisotopic (exact) mass is 782 g/mol. The van der Waals surface area contributed by atoms with Crippen molar-refractivity contribution in [2.45, 2.75) is 143 Å². The SMILES string of the molecule is CC1NC2CCC1C2.CCC.CCC(C)C(C(CC)OC)N(C)C(=O)CNC=O.COC(C(C)C(=O)NCPO)C1CCCN1C=O.Cc1ccccc1. The van der Waals surface area contributed by atoms with Crippen LogP contribution in [0.5, 0.6) is 0 Å². The summed E-state index contributed by atoms with van der Waals surface area (Å²) >= 11 is 0. The molecule has 12 nitrogen and oxygen atoms in total. The first kappa shape index (κ1) is 51.4. The molecule has 1 aromatic rings. The third-order valence-corrected chi connectivity index (χ3v) is 10.8. The highest BCUT2D eigenvalue weighted by Crippen LogP contribution is 2.34. The molecular formula is C41H76N5O7P. The fraction of sp³-hybridized carbons (Fsp3) is 0.756. The molecule has 10 unspecified atom stereocenters. The van der Waals surface area contributed by atoms with E-state index in [0.29, 0.717) is 12.3 Å². The van der Waals surface area contributed by atoms with Gasteiger partial charge in [-0.05, 0) is 64.2 Å². The molecular weight excluding hydrogens is 705 g/mol. The minimum Gasteiger partial charge on any atom is -0.379 e. The summed E-state index contributed by atoms with van der Waals surface area (Å²) in [6.07, 6.45) is 10.6. The Kier molecular flexibility index (Phi) is 29.1. The smallest absolute Gasteiger partial charge is 0.242 e. The van der Waals surface area contributed by atoms with Gasteiger partial charge >= 0.3 is 0 Å². The van der Waals surface area contributed by atoms with Crippen LogP contribution in [-0.2, 0) is 28.7 Å². The quantitative estimate of drug-likeness (QED) is 0.127. The Bertz CT molecular complexity index is 1130. The lowest BCUT2D eigenvalue weighted by molar-refractivity contribution is -0.136. The summed E-state index contributed by atoms with van der Waals surface area (Å²) in [5.41, 5.74) is 1.32. The second-order valence-corrected chi connectivity index (χ2v) is 15.2. The zero-order valence-corrected chi connectivity index (χ0v) is 36.3. The zero-order valence-electron chi connectivity index (χ0n) is 35.3. The number of hydrogen-bond acceptors (Lipinski definition) is 8. The maximum atomic E-state index is 11.9. The number of likely N-dealkylation sites (tertiary alicyclic amines) is 1. The van der Waals surface area contributed by atoms with Gasteiger partial charge in [0, 0.05) is 48.7 Å². The second kappa shape index (κ2) is 30.6. The summed E-state index contributed by atoms with van der Waals surface area (Å²) in [4.78, 5) is 57.1. The van der Waals surface area contributed by atoms with Crippen LogP contribution in [0.4, 0.5) is 0 Å². The van der Waals surface area contributed by atoms with E-state index in [4.69, 9.17) is 14.4 Å². The third kappa shape index (κ3) is 18.8. The Balaban J connectivity index is 0.000000719. The normalized spacial score (nSPS) is 22.3. The highest BCUT2D eigenvalue weighted by atomic mass is 31.1. The number of rotatable bonds is 16. The van der Waals surface area contributed by atoms with E-state index in [-0.39, 0.29) is 63.7 Å². The highest BCUT2D eigenvalue weighted by molar-refractivity contribution is 7.31. The van der Waals surface area contributed by atoms with Crippen LogP contribution in [0.3, 0.4) is 0 Å². The third-order valence-electron chi connectivity index (χ3n) is 10.5. The van der Waals surface area contributed by atoms with Gasteiger partial charge in [-0.15, -0.1) is 0 Å². The molecule has 2 heterocycles. The Morgan fingerprint density at radius 3 is 2.09 bits per heavy atom. The summed E-state index contributed by atoms with van der Waals surface area (Å²) in [7, 11) is 4.70. The number of nitrogens with one attached hydrogen (secondary N) is 3. The summed E-state index contributed by atoms with van der Waals surface area (Å²) in [5, 5.41) is 8.60. The number of amides is 4. The van der Waals surface area contributed by atoms with Crippen LogP contribution < -0.4 is 16.0 Å². The molecule has 1 saturated carbocycles. The van der Waals surface area contributed by atoms with Gasteiger partial charge < -0.3 is 40.1 Å².